The summed E-state index contributed by atoms with van der Waals surface area (Å²) in [6, 6.07) is 5.24. The van der Waals surface area contributed by atoms with E-state index in [9.17, 15) is 4.79 Å². The van der Waals surface area contributed by atoms with Crippen LogP contribution in [0.4, 0.5) is 5.69 Å². The first-order valence-corrected chi connectivity index (χ1v) is 7.23. The van der Waals surface area contributed by atoms with E-state index in [4.69, 9.17) is 5.73 Å². The number of aromatic nitrogens is 3. The van der Waals surface area contributed by atoms with E-state index in [1.54, 1.807) is 16.8 Å². The molecule has 1 aromatic heterocycles. The highest BCUT2D eigenvalue weighted by atomic mass is 16.1. The molecule has 0 spiro atoms. The fourth-order valence-electron chi connectivity index (χ4n) is 2.11. The summed E-state index contributed by atoms with van der Waals surface area (Å²) in [5.41, 5.74) is 7.91. The number of benzene rings is 1. The van der Waals surface area contributed by atoms with Crippen molar-refractivity contribution >= 4 is 11.6 Å². The molecule has 21 heavy (non-hydrogen) atoms. The van der Waals surface area contributed by atoms with Gasteiger partial charge in [-0.25, -0.2) is 9.67 Å². The van der Waals surface area contributed by atoms with Crippen molar-refractivity contribution in [1.82, 2.24) is 20.1 Å². The van der Waals surface area contributed by atoms with Crippen molar-refractivity contribution in [3.8, 4) is 5.69 Å². The standard InChI is InChI=1S/C15H21N5O/c1-4-13-18-14(5-2)20(19-13)12-8-7-10(9-11(12)16)15(21)17-6-3/h7-9H,4-6,16H2,1-3H3,(H,17,21). The Morgan fingerprint density at radius 2 is 2.05 bits per heavy atom. The molecule has 2 aromatic rings. The minimum Gasteiger partial charge on any atom is -0.397 e. The predicted molar refractivity (Wildman–Crippen MR) is 82.5 cm³/mol. The van der Waals surface area contributed by atoms with Gasteiger partial charge < -0.3 is 11.1 Å². The van der Waals surface area contributed by atoms with Gasteiger partial charge in [-0.1, -0.05) is 13.8 Å². The maximum absolute atomic E-state index is 11.8. The van der Waals surface area contributed by atoms with Gasteiger partial charge in [0.15, 0.2) is 5.82 Å². The summed E-state index contributed by atoms with van der Waals surface area (Å²) in [4.78, 5) is 16.3. The molecule has 1 aromatic carbocycles. The number of nitrogen functional groups attached to an aromatic ring is 1. The van der Waals surface area contributed by atoms with Gasteiger partial charge in [-0.3, -0.25) is 4.79 Å². The summed E-state index contributed by atoms with van der Waals surface area (Å²) in [6.45, 7) is 6.51. The number of anilines is 1. The third-order valence-electron chi connectivity index (χ3n) is 3.21. The Morgan fingerprint density at radius 1 is 1.29 bits per heavy atom. The van der Waals surface area contributed by atoms with Crippen LogP contribution in [0.5, 0.6) is 0 Å². The SMILES string of the molecule is CCNC(=O)c1ccc(-n2nc(CC)nc2CC)c(N)c1. The van der Waals surface area contributed by atoms with Gasteiger partial charge in [0.25, 0.3) is 5.91 Å². The van der Waals surface area contributed by atoms with Crippen LogP contribution in [-0.4, -0.2) is 27.2 Å². The Hall–Kier alpha value is -2.37. The lowest BCUT2D eigenvalue weighted by molar-refractivity contribution is 0.0956. The monoisotopic (exact) mass is 287 g/mol. The van der Waals surface area contributed by atoms with Crippen LogP contribution in [0, 0.1) is 0 Å². The van der Waals surface area contributed by atoms with Crippen molar-refractivity contribution < 1.29 is 4.79 Å². The number of nitrogens with two attached hydrogens (primary N) is 1. The van der Waals surface area contributed by atoms with Crippen LogP contribution in [-0.2, 0) is 12.8 Å². The summed E-state index contributed by atoms with van der Waals surface area (Å²) in [7, 11) is 0. The molecule has 1 amide bonds. The summed E-state index contributed by atoms with van der Waals surface area (Å²) in [5.74, 6) is 1.53. The molecule has 0 aliphatic heterocycles. The minimum atomic E-state index is -0.126. The molecule has 0 aliphatic carbocycles. The van der Waals surface area contributed by atoms with Crippen LogP contribution in [0.1, 0.15) is 42.8 Å². The van der Waals surface area contributed by atoms with Gasteiger partial charge in [0.2, 0.25) is 0 Å². The van der Waals surface area contributed by atoms with Gasteiger partial charge in [-0.05, 0) is 25.1 Å². The molecule has 2 rings (SSSR count). The Balaban J connectivity index is 2.41. The summed E-state index contributed by atoms with van der Waals surface area (Å²) in [5, 5.41) is 7.22. The molecule has 0 atom stereocenters. The second-order valence-corrected chi connectivity index (χ2v) is 4.70. The van der Waals surface area contributed by atoms with Crippen molar-refractivity contribution in [2.45, 2.75) is 33.6 Å². The average molecular weight is 287 g/mol. The second-order valence-electron chi connectivity index (χ2n) is 4.70. The van der Waals surface area contributed by atoms with Crippen LogP contribution in [0.15, 0.2) is 18.2 Å². The number of hydrogen-bond donors (Lipinski definition) is 2. The Morgan fingerprint density at radius 3 is 2.62 bits per heavy atom. The fourth-order valence-corrected chi connectivity index (χ4v) is 2.11. The molecule has 112 valence electrons. The molecule has 0 bridgehead atoms. The van der Waals surface area contributed by atoms with Crippen molar-refractivity contribution in [3.63, 3.8) is 0 Å². The molecule has 0 saturated heterocycles. The molecule has 3 N–H and O–H groups in total. The number of carbonyl (C=O) groups excluding carboxylic acids is 1. The van der Waals surface area contributed by atoms with Crippen LogP contribution >= 0.6 is 0 Å². The number of nitrogens with zero attached hydrogens (tertiary/aromatic N) is 3. The zero-order valence-corrected chi connectivity index (χ0v) is 12.7. The maximum atomic E-state index is 11.8. The van der Waals surface area contributed by atoms with Gasteiger partial charge in [0.1, 0.15) is 5.82 Å². The van der Waals surface area contributed by atoms with E-state index in [0.717, 1.165) is 30.2 Å². The quantitative estimate of drug-likeness (QED) is 0.820. The van der Waals surface area contributed by atoms with Crippen molar-refractivity contribution in [2.75, 3.05) is 12.3 Å². The number of nitrogens with one attached hydrogen (secondary N) is 1. The number of amides is 1. The smallest absolute Gasteiger partial charge is 0.251 e. The summed E-state index contributed by atoms with van der Waals surface area (Å²) < 4.78 is 1.76. The third-order valence-corrected chi connectivity index (χ3v) is 3.21. The minimum absolute atomic E-state index is 0.126. The number of carbonyl (C=O) groups is 1. The number of hydrogen-bond acceptors (Lipinski definition) is 4. The Labute approximate surface area is 124 Å². The first-order valence-electron chi connectivity index (χ1n) is 7.23. The molecular weight excluding hydrogens is 266 g/mol. The zero-order valence-electron chi connectivity index (χ0n) is 12.7. The normalized spacial score (nSPS) is 10.6. The van der Waals surface area contributed by atoms with Gasteiger partial charge >= 0.3 is 0 Å². The van der Waals surface area contributed by atoms with E-state index in [1.165, 1.54) is 0 Å². The van der Waals surface area contributed by atoms with Crippen molar-refractivity contribution in [3.05, 3.63) is 35.4 Å². The Bertz CT molecular complexity index is 648. The lowest BCUT2D eigenvalue weighted by Crippen LogP contribution is -2.22. The van der Waals surface area contributed by atoms with E-state index in [0.29, 0.717) is 17.8 Å². The van der Waals surface area contributed by atoms with Crippen LogP contribution in [0.3, 0.4) is 0 Å². The summed E-state index contributed by atoms with van der Waals surface area (Å²) in [6.07, 6.45) is 1.54. The number of aryl methyl sites for hydroxylation is 2. The van der Waals surface area contributed by atoms with Crippen molar-refractivity contribution in [2.24, 2.45) is 0 Å². The van der Waals surface area contributed by atoms with Crippen LogP contribution < -0.4 is 11.1 Å². The van der Waals surface area contributed by atoms with Crippen molar-refractivity contribution in [1.29, 1.82) is 0 Å². The largest absolute Gasteiger partial charge is 0.397 e. The molecule has 0 aliphatic rings. The highest BCUT2D eigenvalue weighted by Crippen LogP contribution is 2.20. The van der Waals surface area contributed by atoms with Gasteiger partial charge in [0, 0.05) is 24.9 Å². The van der Waals surface area contributed by atoms with Gasteiger partial charge in [0.05, 0.1) is 11.4 Å². The molecular formula is C15H21N5O. The lowest BCUT2D eigenvalue weighted by Gasteiger charge is -2.10. The van der Waals surface area contributed by atoms with Crippen LogP contribution in [0.2, 0.25) is 0 Å². The highest BCUT2D eigenvalue weighted by molar-refractivity contribution is 5.95. The lowest BCUT2D eigenvalue weighted by atomic mass is 10.1. The average Bonchev–Trinajstić information content (AvgIpc) is 2.90. The van der Waals surface area contributed by atoms with Crippen LogP contribution in [0.25, 0.3) is 5.69 Å². The van der Waals surface area contributed by atoms with E-state index in [2.05, 4.69) is 15.4 Å². The predicted octanol–water partition coefficient (Wildman–Crippen LogP) is 1.72. The first-order chi connectivity index (χ1) is 10.1. The molecule has 1 heterocycles. The third kappa shape index (κ3) is 3.04. The van der Waals surface area contributed by atoms with Gasteiger partial charge in [-0.2, -0.15) is 5.10 Å². The molecule has 6 heteroatoms. The Kier molecular flexibility index (Phi) is 4.57. The van der Waals surface area contributed by atoms with E-state index in [1.807, 2.05) is 26.8 Å². The molecule has 0 saturated carbocycles. The molecule has 0 unspecified atom stereocenters. The fraction of sp³-hybridized carbons (Fsp3) is 0.400. The zero-order chi connectivity index (χ0) is 15.4. The topological polar surface area (TPSA) is 85.8 Å². The first kappa shape index (κ1) is 15.0. The second kappa shape index (κ2) is 6.39. The summed E-state index contributed by atoms with van der Waals surface area (Å²) >= 11 is 0. The molecule has 0 radical (unpaired) electrons. The number of rotatable bonds is 5. The van der Waals surface area contributed by atoms with E-state index < -0.39 is 0 Å². The van der Waals surface area contributed by atoms with E-state index >= 15 is 0 Å². The maximum Gasteiger partial charge on any atom is 0.251 e. The van der Waals surface area contributed by atoms with E-state index in [-0.39, 0.29) is 5.91 Å². The highest BCUT2D eigenvalue weighted by Gasteiger charge is 2.13. The van der Waals surface area contributed by atoms with Gasteiger partial charge in [-0.15, -0.1) is 0 Å². The molecule has 6 nitrogen and oxygen atoms in total. The molecule has 0 fully saturated rings.